The second-order valence-electron chi connectivity index (χ2n) is 5.11. The van der Waals surface area contributed by atoms with Crippen molar-refractivity contribution in [2.75, 3.05) is 13.1 Å². The van der Waals surface area contributed by atoms with Crippen LogP contribution in [-0.2, 0) is 21.4 Å². The Balaban J connectivity index is 2.02. The van der Waals surface area contributed by atoms with E-state index in [2.05, 4.69) is 5.32 Å². The molecule has 0 unspecified atom stereocenters. The first-order valence-corrected chi connectivity index (χ1v) is 9.32. The summed E-state index contributed by atoms with van der Waals surface area (Å²) in [7, 11) is -3.69. The van der Waals surface area contributed by atoms with Gasteiger partial charge in [0.2, 0.25) is 15.9 Å². The topological polar surface area (TPSA) is 66.5 Å². The fourth-order valence-electron chi connectivity index (χ4n) is 2.16. The van der Waals surface area contributed by atoms with Gasteiger partial charge in [0.05, 0.1) is 11.4 Å². The molecule has 7 heteroatoms. The van der Waals surface area contributed by atoms with E-state index in [1.807, 2.05) is 6.07 Å². The van der Waals surface area contributed by atoms with E-state index in [-0.39, 0.29) is 30.4 Å². The van der Waals surface area contributed by atoms with Crippen molar-refractivity contribution in [3.05, 3.63) is 65.2 Å². The molecule has 1 amide bonds. The number of rotatable bonds is 7. The number of hydrogen-bond acceptors (Lipinski definition) is 3. The standard InChI is InChI=1S/C17H19ClN2O3S/c1-2-20(24(22,23)15-9-4-3-5-10-15)13-17(21)19-12-14-8-6-7-11-16(14)18/h3-11H,2,12-13H2,1H3,(H,19,21). The fraction of sp³-hybridized carbons (Fsp3) is 0.235. The minimum Gasteiger partial charge on any atom is -0.351 e. The maximum absolute atomic E-state index is 12.6. The quantitative estimate of drug-likeness (QED) is 0.819. The maximum Gasteiger partial charge on any atom is 0.243 e. The average molecular weight is 367 g/mol. The van der Waals surface area contributed by atoms with Crippen LogP contribution < -0.4 is 5.32 Å². The maximum atomic E-state index is 12.6. The number of sulfonamides is 1. The molecule has 0 fully saturated rings. The fourth-order valence-corrected chi connectivity index (χ4v) is 3.79. The zero-order chi connectivity index (χ0) is 17.6. The van der Waals surface area contributed by atoms with Crippen molar-refractivity contribution in [2.24, 2.45) is 0 Å². The first-order chi connectivity index (χ1) is 11.4. The van der Waals surface area contributed by atoms with Crippen molar-refractivity contribution in [3.63, 3.8) is 0 Å². The van der Waals surface area contributed by atoms with E-state index >= 15 is 0 Å². The van der Waals surface area contributed by atoms with Gasteiger partial charge in [0.25, 0.3) is 0 Å². The Morgan fingerprint density at radius 3 is 2.33 bits per heavy atom. The van der Waals surface area contributed by atoms with E-state index in [0.717, 1.165) is 9.87 Å². The Morgan fingerprint density at radius 1 is 1.08 bits per heavy atom. The molecule has 128 valence electrons. The first kappa shape index (κ1) is 18.4. The lowest BCUT2D eigenvalue weighted by Gasteiger charge is -2.20. The van der Waals surface area contributed by atoms with Gasteiger partial charge in [-0.2, -0.15) is 4.31 Å². The van der Waals surface area contributed by atoms with Crippen LogP contribution >= 0.6 is 11.6 Å². The number of nitrogens with one attached hydrogen (secondary N) is 1. The van der Waals surface area contributed by atoms with E-state index in [0.29, 0.717) is 5.02 Å². The van der Waals surface area contributed by atoms with Crippen molar-refractivity contribution < 1.29 is 13.2 Å². The zero-order valence-corrected chi connectivity index (χ0v) is 14.8. The number of nitrogens with zero attached hydrogens (tertiary/aromatic N) is 1. The molecule has 0 aliphatic rings. The molecule has 0 aliphatic carbocycles. The van der Waals surface area contributed by atoms with Crippen molar-refractivity contribution in [1.29, 1.82) is 0 Å². The third kappa shape index (κ3) is 4.56. The van der Waals surface area contributed by atoms with Crippen LogP contribution in [0.5, 0.6) is 0 Å². The Bertz CT molecular complexity index is 794. The van der Waals surface area contributed by atoms with E-state index in [4.69, 9.17) is 11.6 Å². The van der Waals surface area contributed by atoms with Crippen LogP contribution in [0, 0.1) is 0 Å². The lowest BCUT2D eigenvalue weighted by molar-refractivity contribution is -0.121. The summed E-state index contributed by atoms with van der Waals surface area (Å²) in [5.74, 6) is -0.378. The number of carbonyl (C=O) groups is 1. The molecule has 2 aromatic carbocycles. The first-order valence-electron chi connectivity index (χ1n) is 7.50. The second kappa shape index (κ2) is 8.28. The van der Waals surface area contributed by atoms with Gasteiger partial charge in [-0.1, -0.05) is 54.9 Å². The van der Waals surface area contributed by atoms with Gasteiger partial charge >= 0.3 is 0 Å². The van der Waals surface area contributed by atoms with Crippen LogP contribution in [0.25, 0.3) is 0 Å². The lowest BCUT2D eigenvalue weighted by Crippen LogP contribution is -2.40. The van der Waals surface area contributed by atoms with Crippen molar-refractivity contribution >= 4 is 27.5 Å². The molecular weight excluding hydrogens is 348 g/mol. The Morgan fingerprint density at radius 2 is 1.71 bits per heavy atom. The van der Waals surface area contributed by atoms with E-state index < -0.39 is 10.0 Å². The summed E-state index contributed by atoms with van der Waals surface area (Å²) < 4.78 is 26.2. The minimum atomic E-state index is -3.69. The van der Waals surface area contributed by atoms with Gasteiger partial charge in [-0.25, -0.2) is 8.42 Å². The Hall–Kier alpha value is -1.89. The monoisotopic (exact) mass is 366 g/mol. The number of benzene rings is 2. The van der Waals surface area contributed by atoms with Crippen molar-refractivity contribution in [1.82, 2.24) is 9.62 Å². The molecule has 24 heavy (non-hydrogen) atoms. The number of halogens is 1. The highest BCUT2D eigenvalue weighted by Gasteiger charge is 2.24. The third-order valence-electron chi connectivity index (χ3n) is 3.49. The summed E-state index contributed by atoms with van der Waals surface area (Å²) in [6.45, 7) is 1.91. The third-order valence-corrected chi connectivity index (χ3v) is 5.79. The molecule has 0 aliphatic heterocycles. The van der Waals surface area contributed by atoms with Crippen LogP contribution in [0.4, 0.5) is 0 Å². The SMILES string of the molecule is CCN(CC(=O)NCc1ccccc1Cl)S(=O)(=O)c1ccccc1. The van der Waals surface area contributed by atoms with Gasteiger partial charge < -0.3 is 5.32 Å². The zero-order valence-electron chi connectivity index (χ0n) is 13.3. The molecule has 0 heterocycles. The molecule has 0 bridgehead atoms. The van der Waals surface area contributed by atoms with Gasteiger partial charge in [-0.05, 0) is 23.8 Å². The summed E-state index contributed by atoms with van der Waals surface area (Å²) in [5.41, 5.74) is 0.779. The molecule has 2 aromatic rings. The van der Waals surface area contributed by atoms with Crippen LogP contribution in [-0.4, -0.2) is 31.7 Å². The van der Waals surface area contributed by atoms with Gasteiger partial charge in [0.1, 0.15) is 0 Å². The highest BCUT2D eigenvalue weighted by Crippen LogP contribution is 2.16. The molecule has 0 saturated carbocycles. The summed E-state index contributed by atoms with van der Waals surface area (Å²) >= 11 is 6.04. The van der Waals surface area contributed by atoms with E-state index in [1.54, 1.807) is 43.3 Å². The average Bonchev–Trinajstić information content (AvgIpc) is 2.59. The second-order valence-corrected chi connectivity index (χ2v) is 7.46. The normalized spacial score (nSPS) is 11.5. The summed E-state index contributed by atoms with van der Waals surface area (Å²) in [6.07, 6.45) is 0. The number of amides is 1. The number of carbonyl (C=O) groups excluding carboxylic acids is 1. The van der Waals surface area contributed by atoms with Crippen molar-refractivity contribution in [2.45, 2.75) is 18.4 Å². The summed E-state index contributed by atoms with van der Waals surface area (Å²) in [5, 5.41) is 3.26. The largest absolute Gasteiger partial charge is 0.351 e. The molecule has 0 spiro atoms. The lowest BCUT2D eigenvalue weighted by atomic mass is 10.2. The number of hydrogen-bond donors (Lipinski definition) is 1. The van der Waals surface area contributed by atoms with Crippen LogP contribution in [0.1, 0.15) is 12.5 Å². The molecular formula is C17H19ClN2O3S. The molecule has 0 atom stereocenters. The predicted octanol–water partition coefficient (Wildman–Crippen LogP) is 2.67. The highest BCUT2D eigenvalue weighted by atomic mass is 35.5. The van der Waals surface area contributed by atoms with E-state index in [1.165, 1.54) is 12.1 Å². The molecule has 1 N–H and O–H groups in total. The summed E-state index contributed by atoms with van der Waals surface area (Å²) in [6, 6.07) is 15.2. The molecule has 0 aromatic heterocycles. The minimum absolute atomic E-state index is 0.172. The molecule has 2 rings (SSSR count). The highest BCUT2D eigenvalue weighted by molar-refractivity contribution is 7.89. The van der Waals surface area contributed by atoms with Crippen molar-refractivity contribution in [3.8, 4) is 0 Å². The molecule has 0 saturated heterocycles. The molecule has 0 radical (unpaired) electrons. The summed E-state index contributed by atoms with van der Waals surface area (Å²) in [4.78, 5) is 12.3. The number of likely N-dealkylation sites (N-methyl/N-ethyl adjacent to an activating group) is 1. The van der Waals surface area contributed by atoms with Gasteiger partial charge in [-0.3, -0.25) is 4.79 Å². The van der Waals surface area contributed by atoms with Gasteiger partial charge in [0, 0.05) is 18.1 Å². The Kier molecular flexibility index (Phi) is 6.36. The van der Waals surface area contributed by atoms with E-state index in [9.17, 15) is 13.2 Å². The Labute approximate surface area is 147 Å². The van der Waals surface area contributed by atoms with Gasteiger partial charge in [-0.15, -0.1) is 0 Å². The molecule has 5 nitrogen and oxygen atoms in total. The van der Waals surface area contributed by atoms with Gasteiger partial charge in [0.15, 0.2) is 0 Å². The smallest absolute Gasteiger partial charge is 0.243 e. The van der Waals surface area contributed by atoms with Crippen LogP contribution in [0.2, 0.25) is 5.02 Å². The predicted molar refractivity (Wildman–Crippen MR) is 94.2 cm³/mol. The van der Waals surface area contributed by atoms with Crippen LogP contribution in [0.15, 0.2) is 59.5 Å². The van der Waals surface area contributed by atoms with Crippen LogP contribution in [0.3, 0.4) is 0 Å².